The van der Waals surface area contributed by atoms with E-state index in [0.29, 0.717) is 6.04 Å². The molecule has 0 aliphatic heterocycles. The van der Waals surface area contributed by atoms with Gasteiger partial charge in [-0.15, -0.1) is 0 Å². The summed E-state index contributed by atoms with van der Waals surface area (Å²) < 4.78 is 0. The minimum absolute atomic E-state index is 0.289. The van der Waals surface area contributed by atoms with E-state index in [1.807, 2.05) is 0 Å². The van der Waals surface area contributed by atoms with E-state index < -0.39 is 5.97 Å². The zero-order valence-corrected chi connectivity index (χ0v) is 8.96. The first-order chi connectivity index (χ1) is 6.72. The minimum Gasteiger partial charge on any atom is -0.481 e. The van der Waals surface area contributed by atoms with Gasteiger partial charge in [0.2, 0.25) is 0 Å². The monoisotopic (exact) mass is 199 g/mol. The van der Waals surface area contributed by atoms with Crippen molar-refractivity contribution in [3.63, 3.8) is 0 Å². The Kier molecular flexibility index (Phi) is 4.94. The van der Waals surface area contributed by atoms with Gasteiger partial charge in [-0.05, 0) is 38.1 Å². The van der Waals surface area contributed by atoms with Gasteiger partial charge < -0.3 is 10.4 Å². The van der Waals surface area contributed by atoms with Crippen LogP contribution in [0.5, 0.6) is 0 Å². The van der Waals surface area contributed by atoms with E-state index in [4.69, 9.17) is 5.11 Å². The molecule has 1 saturated carbocycles. The largest absolute Gasteiger partial charge is 0.481 e. The fourth-order valence-corrected chi connectivity index (χ4v) is 2.18. The number of rotatable bonds is 6. The van der Waals surface area contributed by atoms with Crippen molar-refractivity contribution in [2.75, 3.05) is 6.54 Å². The Morgan fingerprint density at radius 1 is 1.50 bits per heavy atom. The van der Waals surface area contributed by atoms with Gasteiger partial charge in [0.25, 0.3) is 0 Å². The van der Waals surface area contributed by atoms with Crippen molar-refractivity contribution in [1.29, 1.82) is 0 Å². The summed E-state index contributed by atoms with van der Waals surface area (Å²) in [6.45, 7) is 3.10. The molecule has 1 aliphatic carbocycles. The highest BCUT2D eigenvalue weighted by Gasteiger charge is 2.22. The van der Waals surface area contributed by atoms with Crippen molar-refractivity contribution < 1.29 is 9.90 Å². The normalized spacial score (nSPS) is 26.6. The zero-order chi connectivity index (χ0) is 10.4. The molecule has 1 rings (SSSR count). The third-order valence-corrected chi connectivity index (χ3v) is 3.12. The molecular weight excluding hydrogens is 178 g/mol. The highest BCUT2D eigenvalue weighted by Crippen LogP contribution is 2.27. The Labute approximate surface area is 85.9 Å². The van der Waals surface area contributed by atoms with Crippen molar-refractivity contribution in [1.82, 2.24) is 5.32 Å². The predicted molar refractivity (Wildman–Crippen MR) is 56.3 cm³/mol. The first-order valence-corrected chi connectivity index (χ1v) is 5.67. The lowest BCUT2D eigenvalue weighted by Gasteiger charge is -2.11. The molecule has 0 aromatic heterocycles. The first-order valence-electron chi connectivity index (χ1n) is 5.67. The fraction of sp³-hybridized carbons (Fsp3) is 0.909. The number of hydrogen-bond acceptors (Lipinski definition) is 2. The van der Waals surface area contributed by atoms with Crippen molar-refractivity contribution in [3.8, 4) is 0 Å². The summed E-state index contributed by atoms with van der Waals surface area (Å²) in [5.74, 6) is 0.205. The number of carboxylic acids is 1. The number of carbonyl (C=O) groups is 1. The number of aliphatic carboxylic acids is 1. The SMILES string of the molecule is CCC1CCC(NCCCC(=O)O)C1. The van der Waals surface area contributed by atoms with Gasteiger partial charge in [-0.3, -0.25) is 4.79 Å². The highest BCUT2D eigenvalue weighted by molar-refractivity contribution is 5.66. The number of hydrogen-bond donors (Lipinski definition) is 2. The van der Waals surface area contributed by atoms with E-state index in [1.54, 1.807) is 0 Å². The van der Waals surface area contributed by atoms with Gasteiger partial charge >= 0.3 is 5.97 Å². The summed E-state index contributed by atoms with van der Waals surface area (Å²) >= 11 is 0. The van der Waals surface area contributed by atoms with Crippen LogP contribution < -0.4 is 5.32 Å². The second-order valence-electron chi connectivity index (χ2n) is 4.24. The molecule has 3 nitrogen and oxygen atoms in total. The molecule has 0 aromatic rings. The van der Waals surface area contributed by atoms with Crippen LogP contribution in [0, 0.1) is 5.92 Å². The fourth-order valence-electron chi connectivity index (χ4n) is 2.18. The van der Waals surface area contributed by atoms with Gasteiger partial charge in [0.15, 0.2) is 0 Å². The van der Waals surface area contributed by atoms with E-state index in [2.05, 4.69) is 12.2 Å². The van der Waals surface area contributed by atoms with Crippen molar-refractivity contribution >= 4 is 5.97 Å². The summed E-state index contributed by atoms with van der Waals surface area (Å²) in [5, 5.41) is 11.9. The molecule has 0 amide bonds. The third-order valence-electron chi connectivity index (χ3n) is 3.12. The van der Waals surface area contributed by atoms with Crippen LogP contribution in [0.1, 0.15) is 45.4 Å². The molecule has 14 heavy (non-hydrogen) atoms. The standard InChI is InChI=1S/C11H21NO2/c1-2-9-5-6-10(8-9)12-7-3-4-11(13)14/h9-10,12H,2-8H2,1H3,(H,13,14). The lowest BCUT2D eigenvalue weighted by molar-refractivity contribution is -0.137. The molecule has 2 atom stereocenters. The van der Waals surface area contributed by atoms with Crippen LogP contribution in [-0.4, -0.2) is 23.7 Å². The molecule has 1 aliphatic rings. The third kappa shape index (κ3) is 4.09. The van der Waals surface area contributed by atoms with Crippen LogP contribution in [-0.2, 0) is 4.79 Å². The number of carboxylic acid groups (broad SMARTS) is 1. The summed E-state index contributed by atoms with van der Waals surface area (Å²) in [7, 11) is 0. The van der Waals surface area contributed by atoms with Gasteiger partial charge in [0.1, 0.15) is 0 Å². The summed E-state index contributed by atoms with van der Waals surface area (Å²) in [6.07, 6.45) is 6.22. The van der Waals surface area contributed by atoms with E-state index >= 15 is 0 Å². The van der Waals surface area contributed by atoms with Crippen LogP contribution in [0.4, 0.5) is 0 Å². The topological polar surface area (TPSA) is 49.3 Å². The second kappa shape index (κ2) is 6.02. The molecule has 0 aromatic carbocycles. The van der Waals surface area contributed by atoms with E-state index in [1.165, 1.54) is 25.7 Å². The van der Waals surface area contributed by atoms with E-state index in [-0.39, 0.29) is 6.42 Å². The lowest BCUT2D eigenvalue weighted by atomic mass is 10.1. The van der Waals surface area contributed by atoms with Crippen LogP contribution in [0.25, 0.3) is 0 Å². The summed E-state index contributed by atoms with van der Waals surface area (Å²) in [4.78, 5) is 10.3. The smallest absolute Gasteiger partial charge is 0.303 e. The van der Waals surface area contributed by atoms with Crippen molar-refractivity contribution in [2.45, 2.75) is 51.5 Å². The van der Waals surface area contributed by atoms with E-state index in [9.17, 15) is 4.79 Å². The maximum Gasteiger partial charge on any atom is 0.303 e. The molecule has 82 valence electrons. The summed E-state index contributed by atoms with van der Waals surface area (Å²) in [6, 6.07) is 0.647. The first kappa shape index (κ1) is 11.5. The van der Waals surface area contributed by atoms with Gasteiger partial charge in [0.05, 0.1) is 0 Å². The minimum atomic E-state index is -0.690. The molecule has 0 radical (unpaired) electrons. The maximum absolute atomic E-state index is 10.3. The highest BCUT2D eigenvalue weighted by atomic mass is 16.4. The van der Waals surface area contributed by atoms with Gasteiger partial charge in [-0.1, -0.05) is 13.3 Å². The maximum atomic E-state index is 10.3. The average molecular weight is 199 g/mol. The second-order valence-corrected chi connectivity index (χ2v) is 4.24. The Balaban J connectivity index is 2.00. The Bertz CT molecular complexity index is 182. The molecule has 0 bridgehead atoms. The van der Waals surface area contributed by atoms with Crippen molar-refractivity contribution in [3.05, 3.63) is 0 Å². The van der Waals surface area contributed by atoms with Crippen LogP contribution in [0.2, 0.25) is 0 Å². The molecule has 2 N–H and O–H groups in total. The molecule has 0 heterocycles. The van der Waals surface area contributed by atoms with Crippen LogP contribution >= 0.6 is 0 Å². The molecule has 1 fully saturated rings. The van der Waals surface area contributed by atoms with Crippen LogP contribution in [0.3, 0.4) is 0 Å². The van der Waals surface area contributed by atoms with Crippen molar-refractivity contribution in [2.24, 2.45) is 5.92 Å². The molecule has 3 heteroatoms. The van der Waals surface area contributed by atoms with Gasteiger partial charge in [0, 0.05) is 12.5 Å². The zero-order valence-electron chi connectivity index (χ0n) is 8.96. The Hall–Kier alpha value is -0.570. The van der Waals surface area contributed by atoms with Gasteiger partial charge in [-0.25, -0.2) is 0 Å². The number of nitrogens with one attached hydrogen (secondary N) is 1. The average Bonchev–Trinajstić information content (AvgIpc) is 2.60. The molecule has 0 spiro atoms. The molecule has 0 saturated heterocycles. The summed E-state index contributed by atoms with van der Waals surface area (Å²) in [5.41, 5.74) is 0. The molecule has 2 unspecified atom stereocenters. The van der Waals surface area contributed by atoms with Crippen LogP contribution in [0.15, 0.2) is 0 Å². The Morgan fingerprint density at radius 2 is 2.29 bits per heavy atom. The Morgan fingerprint density at radius 3 is 2.86 bits per heavy atom. The lowest BCUT2D eigenvalue weighted by Crippen LogP contribution is -2.27. The quantitative estimate of drug-likeness (QED) is 0.643. The molecular formula is C11H21NO2. The predicted octanol–water partition coefficient (Wildman–Crippen LogP) is 2.02. The van der Waals surface area contributed by atoms with Gasteiger partial charge in [-0.2, -0.15) is 0 Å². The van der Waals surface area contributed by atoms with E-state index in [0.717, 1.165) is 18.9 Å².